The van der Waals surface area contributed by atoms with E-state index in [1.54, 1.807) is 18.3 Å². The third-order valence-corrected chi connectivity index (χ3v) is 5.09. The second-order valence-electron chi connectivity index (χ2n) is 5.44. The van der Waals surface area contributed by atoms with Crippen molar-refractivity contribution in [3.05, 3.63) is 79.3 Å². The molecule has 0 bridgehead atoms. The first kappa shape index (κ1) is 15.3. The zero-order chi connectivity index (χ0) is 17.3. The van der Waals surface area contributed by atoms with Crippen molar-refractivity contribution in [2.45, 2.75) is 4.90 Å². The quantitative estimate of drug-likeness (QED) is 0.613. The summed E-state index contributed by atoms with van der Waals surface area (Å²) in [6.45, 7) is 0. The van der Waals surface area contributed by atoms with Gasteiger partial charge in [0.2, 0.25) is 0 Å². The van der Waals surface area contributed by atoms with Gasteiger partial charge < -0.3 is 0 Å². The van der Waals surface area contributed by atoms with Crippen molar-refractivity contribution in [3.8, 4) is 5.69 Å². The smallest absolute Gasteiger partial charge is 0.265 e. The lowest BCUT2D eigenvalue weighted by Gasteiger charge is -2.08. The van der Waals surface area contributed by atoms with E-state index in [0.29, 0.717) is 11.2 Å². The minimum Gasteiger partial charge on any atom is -0.277 e. The molecule has 0 spiro atoms. The molecule has 2 aromatic carbocycles. The highest BCUT2D eigenvalue weighted by Gasteiger charge is 2.18. The number of benzene rings is 2. The van der Waals surface area contributed by atoms with Gasteiger partial charge in [-0.3, -0.25) is 9.71 Å². The van der Waals surface area contributed by atoms with Crippen LogP contribution in [0.15, 0.2) is 84.1 Å². The molecule has 0 atom stereocenters. The maximum absolute atomic E-state index is 12.7. The number of pyridine rings is 1. The Morgan fingerprint density at radius 1 is 0.920 bits per heavy atom. The van der Waals surface area contributed by atoms with E-state index in [1.165, 1.54) is 17.1 Å². The van der Waals surface area contributed by atoms with Gasteiger partial charge in [-0.2, -0.15) is 5.10 Å². The van der Waals surface area contributed by atoms with Crippen molar-refractivity contribution in [2.24, 2.45) is 0 Å². The van der Waals surface area contributed by atoms with E-state index >= 15 is 0 Å². The van der Waals surface area contributed by atoms with Gasteiger partial charge in [-0.1, -0.05) is 36.4 Å². The highest BCUT2D eigenvalue weighted by molar-refractivity contribution is 7.92. The van der Waals surface area contributed by atoms with Crippen LogP contribution in [0, 0.1) is 0 Å². The van der Waals surface area contributed by atoms with Gasteiger partial charge in [-0.05, 0) is 24.3 Å². The second kappa shape index (κ2) is 6.03. The first-order chi connectivity index (χ1) is 12.1. The minimum absolute atomic E-state index is 0.0873. The van der Waals surface area contributed by atoms with Gasteiger partial charge in [0, 0.05) is 11.6 Å². The molecule has 0 radical (unpaired) electrons. The van der Waals surface area contributed by atoms with E-state index in [-0.39, 0.29) is 4.90 Å². The van der Waals surface area contributed by atoms with Crippen LogP contribution in [0.5, 0.6) is 0 Å². The van der Waals surface area contributed by atoms with Gasteiger partial charge in [0.25, 0.3) is 10.0 Å². The molecule has 0 saturated carbocycles. The molecule has 0 aliphatic carbocycles. The van der Waals surface area contributed by atoms with Crippen molar-refractivity contribution >= 4 is 26.6 Å². The number of hydrogen-bond acceptors (Lipinski definition) is 4. The molecule has 1 N–H and O–H groups in total. The lowest BCUT2D eigenvalue weighted by molar-refractivity contribution is 0.601. The van der Waals surface area contributed by atoms with Crippen molar-refractivity contribution in [2.75, 3.05) is 4.72 Å². The van der Waals surface area contributed by atoms with Crippen LogP contribution < -0.4 is 4.72 Å². The first-order valence-corrected chi connectivity index (χ1v) is 9.08. The molecular weight excluding hydrogens is 336 g/mol. The largest absolute Gasteiger partial charge is 0.277 e. The molecular formula is C18H14N4O2S. The van der Waals surface area contributed by atoms with E-state index in [9.17, 15) is 8.42 Å². The highest BCUT2D eigenvalue weighted by atomic mass is 32.2. The summed E-state index contributed by atoms with van der Waals surface area (Å²) in [6, 6.07) is 18.4. The molecule has 7 heteroatoms. The molecule has 124 valence electrons. The summed E-state index contributed by atoms with van der Waals surface area (Å²) >= 11 is 0. The molecule has 0 aliphatic rings. The summed E-state index contributed by atoms with van der Waals surface area (Å²) in [4.78, 5) is 4.35. The number of rotatable bonds is 4. The van der Waals surface area contributed by atoms with Crippen LogP contribution in [0.2, 0.25) is 0 Å². The fraction of sp³-hybridized carbons (Fsp3) is 0. The van der Waals surface area contributed by atoms with Crippen LogP contribution in [0.25, 0.3) is 16.6 Å². The van der Waals surface area contributed by atoms with E-state index in [2.05, 4.69) is 14.8 Å². The fourth-order valence-corrected chi connectivity index (χ4v) is 3.55. The molecule has 6 nitrogen and oxygen atoms in total. The van der Waals surface area contributed by atoms with Gasteiger partial charge >= 0.3 is 0 Å². The molecule has 0 aliphatic heterocycles. The van der Waals surface area contributed by atoms with Crippen molar-refractivity contribution in [3.63, 3.8) is 0 Å². The number of fused-ring (bicyclic) bond motifs is 1. The van der Waals surface area contributed by atoms with Crippen LogP contribution >= 0.6 is 0 Å². The van der Waals surface area contributed by atoms with Crippen LogP contribution in [0.3, 0.4) is 0 Å². The highest BCUT2D eigenvalue weighted by Crippen LogP contribution is 2.24. The Morgan fingerprint density at radius 3 is 2.56 bits per heavy atom. The van der Waals surface area contributed by atoms with Crippen molar-refractivity contribution in [1.82, 2.24) is 14.8 Å². The topological polar surface area (TPSA) is 76.9 Å². The maximum atomic E-state index is 12.7. The Hall–Kier alpha value is -3.19. The van der Waals surface area contributed by atoms with Crippen LogP contribution in [-0.4, -0.2) is 23.2 Å². The predicted octanol–water partition coefficient (Wildman–Crippen LogP) is 3.22. The summed E-state index contributed by atoms with van der Waals surface area (Å²) in [7, 11) is -3.77. The molecule has 0 unspecified atom stereocenters. The Bertz CT molecular complexity index is 1130. The van der Waals surface area contributed by atoms with Gasteiger partial charge in [0.15, 0.2) is 0 Å². The van der Waals surface area contributed by atoms with Gasteiger partial charge in [-0.25, -0.2) is 13.1 Å². The fourth-order valence-electron chi connectivity index (χ4n) is 2.56. The van der Waals surface area contributed by atoms with Gasteiger partial charge in [0.05, 0.1) is 29.3 Å². The SMILES string of the molecule is O=S(=O)(Nc1cccc2cccnc12)c1cnn(-c2ccccc2)c1. The van der Waals surface area contributed by atoms with Crippen molar-refractivity contribution in [1.29, 1.82) is 0 Å². The zero-order valence-electron chi connectivity index (χ0n) is 13.1. The summed E-state index contributed by atoms with van der Waals surface area (Å²) in [5.74, 6) is 0. The average Bonchev–Trinajstić information content (AvgIpc) is 3.14. The molecule has 0 saturated heterocycles. The molecule has 25 heavy (non-hydrogen) atoms. The standard InChI is InChI=1S/C18H14N4O2S/c23-25(24,16-12-20-22(13-16)15-8-2-1-3-9-15)21-17-10-4-6-14-7-5-11-19-18(14)17/h1-13,21H. The van der Waals surface area contributed by atoms with Gasteiger partial charge in [0.1, 0.15) is 4.90 Å². The zero-order valence-corrected chi connectivity index (χ0v) is 13.9. The number of para-hydroxylation sites is 2. The predicted molar refractivity (Wildman–Crippen MR) is 96.1 cm³/mol. The lowest BCUT2D eigenvalue weighted by atomic mass is 10.2. The molecule has 4 rings (SSSR count). The molecule has 2 aromatic heterocycles. The van der Waals surface area contributed by atoms with Crippen molar-refractivity contribution < 1.29 is 8.42 Å². The number of nitrogens with zero attached hydrogens (tertiary/aromatic N) is 3. The number of nitrogens with one attached hydrogen (secondary N) is 1. The van der Waals surface area contributed by atoms with Crippen LogP contribution in [0.4, 0.5) is 5.69 Å². The lowest BCUT2D eigenvalue weighted by Crippen LogP contribution is -2.12. The maximum Gasteiger partial charge on any atom is 0.265 e. The van der Waals surface area contributed by atoms with E-state index in [4.69, 9.17) is 0 Å². The molecule has 4 aromatic rings. The molecule has 2 heterocycles. The summed E-state index contributed by atoms with van der Waals surface area (Å²) in [5, 5.41) is 5.00. The molecule has 0 amide bonds. The van der Waals surface area contributed by atoms with E-state index in [0.717, 1.165) is 11.1 Å². The van der Waals surface area contributed by atoms with Gasteiger partial charge in [-0.15, -0.1) is 0 Å². The number of anilines is 1. The summed E-state index contributed by atoms with van der Waals surface area (Å²) < 4.78 is 29.5. The normalized spacial score (nSPS) is 11.5. The Morgan fingerprint density at radius 2 is 1.72 bits per heavy atom. The van der Waals surface area contributed by atoms with E-state index < -0.39 is 10.0 Å². The molecule has 0 fully saturated rings. The third-order valence-electron chi connectivity index (χ3n) is 3.77. The van der Waals surface area contributed by atoms with E-state index in [1.807, 2.05) is 48.5 Å². The number of sulfonamides is 1. The second-order valence-corrected chi connectivity index (χ2v) is 7.12. The Balaban J connectivity index is 1.69. The first-order valence-electron chi connectivity index (χ1n) is 7.60. The Kier molecular flexibility index (Phi) is 3.70. The average molecular weight is 350 g/mol. The van der Waals surface area contributed by atoms with Crippen LogP contribution in [-0.2, 0) is 10.0 Å². The number of hydrogen-bond donors (Lipinski definition) is 1. The number of aromatic nitrogens is 3. The monoisotopic (exact) mass is 350 g/mol. The summed E-state index contributed by atoms with van der Waals surface area (Å²) in [6.07, 6.45) is 4.44. The third kappa shape index (κ3) is 2.97. The van der Waals surface area contributed by atoms with Crippen LogP contribution in [0.1, 0.15) is 0 Å². The summed E-state index contributed by atoms with van der Waals surface area (Å²) in [5.41, 5.74) is 1.82. The Labute approximate surface area is 144 Å². The minimum atomic E-state index is -3.77.